The molecule has 0 unspecified atom stereocenters. The number of rotatable bonds is 4. The molecule has 0 spiro atoms. The summed E-state index contributed by atoms with van der Waals surface area (Å²) in [5.74, 6) is 0.651. The molecule has 6 heteroatoms. The molecule has 0 bridgehead atoms. The van der Waals surface area contributed by atoms with Crippen LogP contribution >= 0.6 is 36.4 Å². The fourth-order valence-electron chi connectivity index (χ4n) is 3.08. The molecule has 0 atom stereocenters. The third kappa shape index (κ3) is 5.12. The van der Waals surface area contributed by atoms with Gasteiger partial charge in [-0.05, 0) is 56.6 Å². The van der Waals surface area contributed by atoms with Crippen molar-refractivity contribution in [3.05, 3.63) is 52.3 Å². The van der Waals surface area contributed by atoms with Crippen LogP contribution in [-0.4, -0.2) is 22.9 Å². The van der Waals surface area contributed by atoms with Crippen molar-refractivity contribution in [1.82, 2.24) is 15.1 Å². The van der Waals surface area contributed by atoms with Crippen LogP contribution in [0.1, 0.15) is 42.6 Å². The van der Waals surface area contributed by atoms with E-state index in [1.807, 2.05) is 12.1 Å². The van der Waals surface area contributed by atoms with E-state index in [-0.39, 0.29) is 24.8 Å². The largest absolute Gasteiger partial charge is 0.317 e. The van der Waals surface area contributed by atoms with Crippen molar-refractivity contribution in [2.45, 2.75) is 38.6 Å². The number of hydrogen-bond acceptors (Lipinski definition) is 2. The van der Waals surface area contributed by atoms with Gasteiger partial charge in [-0.15, -0.1) is 24.8 Å². The molecule has 23 heavy (non-hydrogen) atoms. The van der Waals surface area contributed by atoms with Gasteiger partial charge >= 0.3 is 0 Å². The van der Waals surface area contributed by atoms with Gasteiger partial charge in [0.1, 0.15) is 0 Å². The molecule has 1 N–H and O–H groups in total. The highest BCUT2D eigenvalue weighted by Crippen LogP contribution is 2.26. The lowest BCUT2D eigenvalue weighted by Gasteiger charge is -2.23. The van der Waals surface area contributed by atoms with Crippen LogP contribution in [0.4, 0.5) is 0 Å². The Hall–Kier alpha value is -0.740. The third-order valence-corrected chi connectivity index (χ3v) is 4.47. The molecule has 1 aromatic heterocycles. The lowest BCUT2D eigenvalue weighted by atomic mass is 9.94. The molecular formula is C17H24Cl3N3. The highest BCUT2D eigenvalue weighted by Gasteiger charge is 2.20. The zero-order valence-corrected chi connectivity index (χ0v) is 15.7. The molecule has 1 aromatic carbocycles. The number of benzene rings is 1. The van der Waals surface area contributed by atoms with Crippen molar-refractivity contribution in [3.63, 3.8) is 0 Å². The standard InChI is InChI=1S/C17H22ClN3.2ClH/c1-2-21-17(14-7-9-19-10-8-14)12-16(20-21)11-13-3-5-15(18)6-4-13;;/h3-6,12,14,19H,2,7-11H2,1H3;2*1H. The molecule has 128 valence electrons. The monoisotopic (exact) mass is 375 g/mol. The van der Waals surface area contributed by atoms with Crippen LogP contribution in [0.3, 0.4) is 0 Å². The summed E-state index contributed by atoms with van der Waals surface area (Å²) < 4.78 is 2.18. The van der Waals surface area contributed by atoms with E-state index < -0.39 is 0 Å². The number of aryl methyl sites for hydroxylation is 1. The normalized spacial score (nSPS) is 14.9. The second kappa shape index (κ2) is 9.53. The van der Waals surface area contributed by atoms with Crippen LogP contribution in [0.2, 0.25) is 5.02 Å². The van der Waals surface area contributed by atoms with Crippen molar-refractivity contribution >= 4 is 36.4 Å². The van der Waals surface area contributed by atoms with Gasteiger partial charge in [-0.3, -0.25) is 4.68 Å². The fourth-order valence-corrected chi connectivity index (χ4v) is 3.21. The topological polar surface area (TPSA) is 29.9 Å². The second-order valence-corrected chi connectivity index (χ2v) is 6.14. The average molecular weight is 377 g/mol. The van der Waals surface area contributed by atoms with Crippen LogP contribution < -0.4 is 5.32 Å². The van der Waals surface area contributed by atoms with Crippen LogP contribution in [-0.2, 0) is 13.0 Å². The summed E-state index contributed by atoms with van der Waals surface area (Å²) in [4.78, 5) is 0. The minimum Gasteiger partial charge on any atom is -0.317 e. The number of hydrogen-bond donors (Lipinski definition) is 1. The maximum atomic E-state index is 5.94. The van der Waals surface area contributed by atoms with Gasteiger partial charge < -0.3 is 5.32 Å². The van der Waals surface area contributed by atoms with E-state index in [1.165, 1.54) is 24.1 Å². The van der Waals surface area contributed by atoms with Crippen molar-refractivity contribution < 1.29 is 0 Å². The summed E-state index contributed by atoms with van der Waals surface area (Å²) in [6, 6.07) is 10.4. The second-order valence-electron chi connectivity index (χ2n) is 5.70. The summed E-state index contributed by atoms with van der Waals surface area (Å²) in [7, 11) is 0. The summed E-state index contributed by atoms with van der Waals surface area (Å²) in [5, 5.41) is 9.00. The lowest BCUT2D eigenvalue weighted by molar-refractivity contribution is 0.432. The van der Waals surface area contributed by atoms with Crippen molar-refractivity contribution in [2.24, 2.45) is 0 Å². The van der Waals surface area contributed by atoms with E-state index in [0.29, 0.717) is 5.92 Å². The molecule has 3 nitrogen and oxygen atoms in total. The summed E-state index contributed by atoms with van der Waals surface area (Å²) in [6.07, 6.45) is 3.31. The Morgan fingerprint density at radius 1 is 1.17 bits per heavy atom. The summed E-state index contributed by atoms with van der Waals surface area (Å²) >= 11 is 5.94. The molecule has 2 aromatic rings. The number of piperidine rings is 1. The molecule has 1 saturated heterocycles. The van der Waals surface area contributed by atoms with Crippen molar-refractivity contribution in [1.29, 1.82) is 0 Å². The molecule has 0 amide bonds. The van der Waals surface area contributed by atoms with Crippen LogP contribution in [0, 0.1) is 0 Å². The van der Waals surface area contributed by atoms with Gasteiger partial charge in [0.15, 0.2) is 0 Å². The first-order valence-corrected chi connectivity index (χ1v) is 8.16. The maximum absolute atomic E-state index is 5.94. The van der Waals surface area contributed by atoms with E-state index in [2.05, 4.69) is 35.1 Å². The first-order valence-electron chi connectivity index (χ1n) is 7.78. The van der Waals surface area contributed by atoms with Gasteiger partial charge in [0.25, 0.3) is 0 Å². The average Bonchev–Trinajstić information content (AvgIpc) is 2.93. The Labute approximate surface area is 155 Å². The number of halogens is 3. The van der Waals surface area contributed by atoms with E-state index >= 15 is 0 Å². The Morgan fingerprint density at radius 3 is 2.43 bits per heavy atom. The Kier molecular flexibility index (Phi) is 8.41. The first kappa shape index (κ1) is 20.3. The van der Waals surface area contributed by atoms with Crippen molar-refractivity contribution in [3.8, 4) is 0 Å². The smallest absolute Gasteiger partial charge is 0.0671 e. The molecule has 0 saturated carbocycles. The SMILES string of the molecule is CCn1nc(Cc2ccc(Cl)cc2)cc1C1CCNCC1.Cl.Cl. The van der Waals surface area contributed by atoms with Crippen LogP contribution in [0.15, 0.2) is 30.3 Å². The van der Waals surface area contributed by atoms with Gasteiger partial charge in [-0.25, -0.2) is 0 Å². The van der Waals surface area contributed by atoms with Gasteiger partial charge in [-0.1, -0.05) is 23.7 Å². The maximum Gasteiger partial charge on any atom is 0.0671 e. The first-order chi connectivity index (χ1) is 10.3. The zero-order valence-electron chi connectivity index (χ0n) is 13.3. The number of nitrogens with one attached hydrogen (secondary N) is 1. The van der Waals surface area contributed by atoms with E-state index in [1.54, 1.807) is 0 Å². The third-order valence-electron chi connectivity index (χ3n) is 4.22. The molecular weight excluding hydrogens is 353 g/mol. The molecule has 0 radical (unpaired) electrons. The number of aromatic nitrogens is 2. The Bertz CT molecular complexity index is 590. The molecule has 1 aliphatic heterocycles. The van der Waals surface area contributed by atoms with Gasteiger partial charge in [-0.2, -0.15) is 5.10 Å². The molecule has 0 aliphatic carbocycles. The fraction of sp³-hybridized carbons (Fsp3) is 0.471. The predicted octanol–water partition coefficient (Wildman–Crippen LogP) is 4.46. The minimum absolute atomic E-state index is 0. The van der Waals surface area contributed by atoms with Crippen LogP contribution in [0.25, 0.3) is 0 Å². The van der Waals surface area contributed by atoms with Gasteiger partial charge in [0.05, 0.1) is 5.69 Å². The number of nitrogens with zero attached hydrogens (tertiary/aromatic N) is 2. The molecule has 1 fully saturated rings. The van der Waals surface area contributed by atoms with Crippen molar-refractivity contribution in [2.75, 3.05) is 13.1 Å². The Balaban J connectivity index is 0.00000132. The van der Waals surface area contributed by atoms with E-state index in [4.69, 9.17) is 16.7 Å². The molecule has 2 heterocycles. The zero-order chi connectivity index (χ0) is 14.7. The minimum atomic E-state index is 0. The predicted molar refractivity (Wildman–Crippen MR) is 101 cm³/mol. The highest BCUT2D eigenvalue weighted by molar-refractivity contribution is 6.30. The Morgan fingerprint density at radius 2 is 1.83 bits per heavy atom. The quantitative estimate of drug-likeness (QED) is 0.854. The summed E-state index contributed by atoms with van der Waals surface area (Å²) in [5.41, 5.74) is 3.83. The molecule has 3 rings (SSSR count). The van der Waals surface area contributed by atoms with E-state index in [0.717, 1.165) is 36.8 Å². The van der Waals surface area contributed by atoms with Crippen LogP contribution in [0.5, 0.6) is 0 Å². The van der Waals surface area contributed by atoms with Gasteiger partial charge in [0.2, 0.25) is 0 Å². The van der Waals surface area contributed by atoms with E-state index in [9.17, 15) is 0 Å². The lowest BCUT2D eigenvalue weighted by Crippen LogP contribution is -2.27. The van der Waals surface area contributed by atoms with Gasteiger partial charge in [0, 0.05) is 29.6 Å². The molecule has 1 aliphatic rings. The summed E-state index contributed by atoms with van der Waals surface area (Å²) in [6.45, 7) is 5.35. The highest BCUT2D eigenvalue weighted by atomic mass is 35.5.